The van der Waals surface area contributed by atoms with Gasteiger partial charge >= 0.3 is 0 Å². The normalized spacial score (nSPS) is 18.0. The number of rotatable bonds is 7. The van der Waals surface area contributed by atoms with E-state index in [2.05, 4.69) is 15.6 Å². The average molecular weight is 366 g/mol. The number of likely N-dealkylation sites (tertiary alicyclic amines) is 1. The van der Waals surface area contributed by atoms with Crippen molar-refractivity contribution >= 4 is 11.8 Å². The van der Waals surface area contributed by atoms with Crippen LogP contribution >= 0.6 is 0 Å². The van der Waals surface area contributed by atoms with Crippen molar-refractivity contribution in [2.24, 2.45) is 0 Å². The number of nitrogens with one attached hydrogen (secondary N) is 2. The third kappa shape index (κ3) is 4.92. The summed E-state index contributed by atoms with van der Waals surface area (Å²) in [6, 6.07) is 13.1. The summed E-state index contributed by atoms with van der Waals surface area (Å²) in [4.78, 5) is 31.4. The molecule has 2 aromatic rings. The van der Waals surface area contributed by atoms with Crippen LogP contribution in [0.1, 0.15) is 24.0 Å². The van der Waals surface area contributed by atoms with E-state index in [1.807, 2.05) is 47.4 Å². The zero-order valence-corrected chi connectivity index (χ0v) is 15.6. The standard InChI is InChI=1S/C21H26N4O2/c1-22-20(26)19(14-16-6-3-2-4-7-16)25-13-5-8-18(25)21(27)24-15-17-9-11-23-12-10-17/h2-4,6-7,9-12,18-19H,5,8,13-15H2,1H3,(H,22,26)(H,24,27)/t18-,19+/m0/s1. The summed E-state index contributed by atoms with van der Waals surface area (Å²) in [6.07, 6.45) is 5.70. The summed E-state index contributed by atoms with van der Waals surface area (Å²) in [7, 11) is 1.65. The van der Waals surface area contributed by atoms with Crippen LogP contribution in [0, 0.1) is 0 Å². The second kappa shape index (κ2) is 9.28. The van der Waals surface area contributed by atoms with E-state index in [4.69, 9.17) is 0 Å². The van der Waals surface area contributed by atoms with Crippen LogP contribution in [0.5, 0.6) is 0 Å². The fraction of sp³-hybridized carbons (Fsp3) is 0.381. The molecule has 0 bridgehead atoms. The molecule has 2 amide bonds. The Bertz CT molecular complexity index is 751. The number of nitrogens with zero attached hydrogens (tertiary/aromatic N) is 2. The van der Waals surface area contributed by atoms with Gasteiger partial charge in [0.1, 0.15) is 0 Å². The van der Waals surface area contributed by atoms with Crippen molar-refractivity contribution in [1.82, 2.24) is 20.5 Å². The van der Waals surface area contributed by atoms with Gasteiger partial charge < -0.3 is 10.6 Å². The Morgan fingerprint density at radius 3 is 2.59 bits per heavy atom. The molecular formula is C21H26N4O2. The van der Waals surface area contributed by atoms with Gasteiger partial charge in [0, 0.05) is 26.0 Å². The molecule has 1 aromatic carbocycles. The average Bonchev–Trinajstić information content (AvgIpc) is 3.21. The summed E-state index contributed by atoms with van der Waals surface area (Å²) in [5.41, 5.74) is 2.10. The molecule has 1 fully saturated rings. The number of aromatic nitrogens is 1. The number of amides is 2. The second-order valence-electron chi connectivity index (χ2n) is 6.79. The van der Waals surface area contributed by atoms with Gasteiger partial charge in [-0.25, -0.2) is 0 Å². The maximum absolute atomic E-state index is 12.8. The van der Waals surface area contributed by atoms with Crippen LogP contribution in [-0.4, -0.2) is 47.4 Å². The maximum Gasteiger partial charge on any atom is 0.237 e. The molecule has 2 N–H and O–H groups in total. The van der Waals surface area contributed by atoms with Gasteiger partial charge in [0.15, 0.2) is 0 Å². The molecule has 142 valence electrons. The summed E-state index contributed by atoms with van der Waals surface area (Å²) in [5.74, 6) is -0.0704. The molecule has 1 saturated heterocycles. The highest BCUT2D eigenvalue weighted by Crippen LogP contribution is 2.23. The Kier molecular flexibility index (Phi) is 6.54. The van der Waals surface area contributed by atoms with E-state index in [0.717, 1.165) is 30.5 Å². The molecule has 0 radical (unpaired) electrons. The van der Waals surface area contributed by atoms with Gasteiger partial charge in [0.2, 0.25) is 11.8 Å². The third-order valence-electron chi connectivity index (χ3n) is 5.03. The highest BCUT2D eigenvalue weighted by Gasteiger charge is 2.38. The summed E-state index contributed by atoms with van der Waals surface area (Å²) in [6.45, 7) is 1.22. The van der Waals surface area contributed by atoms with Crippen molar-refractivity contribution < 1.29 is 9.59 Å². The topological polar surface area (TPSA) is 74.3 Å². The Balaban J connectivity index is 1.69. The minimum absolute atomic E-state index is 0.0220. The number of hydrogen-bond donors (Lipinski definition) is 2. The van der Waals surface area contributed by atoms with E-state index < -0.39 is 0 Å². The van der Waals surface area contributed by atoms with E-state index in [1.165, 1.54) is 0 Å². The van der Waals surface area contributed by atoms with E-state index in [0.29, 0.717) is 13.0 Å². The Morgan fingerprint density at radius 2 is 1.89 bits per heavy atom. The second-order valence-corrected chi connectivity index (χ2v) is 6.79. The first kappa shape index (κ1) is 19.0. The van der Waals surface area contributed by atoms with Gasteiger partial charge in [-0.2, -0.15) is 0 Å². The first-order chi connectivity index (χ1) is 13.2. The molecule has 27 heavy (non-hydrogen) atoms. The smallest absolute Gasteiger partial charge is 0.237 e. The lowest BCUT2D eigenvalue weighted by molar-refractivity contribution is -0.131. The molecule has 0 aliphatic carbocycles. The largest absolute Gasteiger partial charge is 0.358 e. The van der Waals surface area contributed by atoms with Crippen molar-refractivity contribution in [1.29, 1.82) is 0 Å². The lowest BCUT2D eigenvalue weighted by atomic mass is 10.0. The van der Waals surface area contributed by atoms with Crippen LogP contribution < -0.4 is 10.6 Å². The molecule has 3 rings (SSSR count). The van der Waals surface area contributed by atoms with Crippen molar-refractivity contribution in [2.45, 2.75) is 37.9 Å². The highest BCUT2D eigenvalue weighted by atomic mass is 16.2. The predicted molar refractivity (Wildman–Crippen MR) is 104 cm³/mol. The van der Waals surface area contributed by atoms with Crippen LogP contribution in [0.25, 0.3) is 0 Å². The predicted octanol–water partition coefficient (Wildman–Crippen LogP) is 1.52. The number of carbonyl (C=O) groups is 2. The van der Waals surface area contributed by atoms with E-state index in [-0.39, 0.29) is 23.9 Å². The van der Waals surface area contributed by atoms with Crippen molar-refractivity contribution in [2.75, 3.05) is 13.6 Å². The molecule has 6 heteroatoms. The van der Waals surface area contributed by atoms with Gasteiger partial charge in [0.05, 0.1) is 12.1 Å². The zero-order chi connectivity index (χ0) is 19.1. The Hall–Kier alpha value is -2.73. The maximum atomic E-state index is 12.8. The minimum atomic E-state index is -0.350. The summed E-state index contributed by atoms with van der Waals surface area (Å²) < 4.78 is 0. The summed E-state index contributed by atoms with van der Waals surface area (Å²) in [5, 5.41) is 5.77. The minimum Gasteiger partial charge on any atom is -0.358 e. The van der Waals surface area contributed by atoms with Crippen LogP contribution in [0.2, 0.25) is 0 Å². The number of likely N-dealkylation sites (N-methyl/N-ethyl adjacent to an activating group) is 1. The molecule has 1 aliphatic rings. The SMILES string of the molecule is CNC(=O)[C@@H](Cc1ccccc1)N1CCC[C@H]1C(=O)NCc1ccncc1. The number of pyridine rings is 1. The van der Waals surface area contributed by atoms with Gasteiger partial charge in [-0.05, 0) is 49.1 Å². The van der Waals surface area contributed by atoms with Crippen LogP contribution in [-0.2, 0) is 22.6 Å². The quantitative estimate of drug-likeness (QED) is 0.779. The third-order valence-corrected chi connectivity index (χ3v) is 5.03. The monoisotopic (exact) mass is 366 g/mol. The van der Waals surface area contributed by atoms with E-state index >= 15 is 0 Å². The fourth-order valence-corrected chi connectivity index (χ4v) is 3.62. The van der Waals surface area contributed by atoms with Crippen molar-refractivity contribution in [3.05, 3.63) is 66.0 Å². The number of carbonyl (C=O) groups excluding carboxylic acids is 2. The molecular weight excluding hydrogens is 340 g/mol. The van der Waals surface area contributed by atoms with Crippen LogP contribution in [0.3, 0.4) is 0 Å². The summed E-state index contributed by atoms with van der Waals surface area (Å²) >= 11 is 0. The number of benzene rings is 1. The van der Waals surface area contributed by atoms with Crippen LogP contribution in [0.15, 0.2) is 54.9 Å². The highest BCUT2D eigenvalue weighted by molar-refractivity contribution is 5.85. The molecule has 0 unspecified atom stereocenters. The van der Waals surface area contributed by atoms with Crippen LogP contribution in [0.4, 0.5) is 0 Å². The number of hydrogen-bond acceptors (Lipinski definition) is 4. The van der Waals surface area contributed by atoms with Gasteiger partial charge in [-0.1, -0.05) is 30.3 Å². The zero-order valence-electron chi connectivity index (χ0n) is 15.6. The van der Waals surface area contributed by atoms with Gasteiger partial charge in [0.25, 0.3) is 0 Å². The van der Waals surface area contributed by atoms with Gasteiger partial charge in [-0.3, -0.25) is 19.5 Å². The lowest BCUT2D eigenvalue weighted by Crippen LogP contribution is -2.53. The molecule has 1 aliphatic heterocycles. The molecule has 2 heterocycles. The molecule has 6 nitrogen and oxygen atoms in total. The van der Waals surface area contributed by atoms with Gasteiger partial charge in [-0.15, -0.1) is 0 Å². The van der Waals surface area contributed by atoms with E-state index in [1.54, 1.807) is 19.4 Å². The van der Waals surface area contributed by atoms with Crippen molar-refractivity contribution in [3.8, 4) is 0 Å². The Morgan fingerprint density at radius 1 is 1.15 bits per heavy atom. The molecule has 0 spiro atoms. The molecule has 2 atom stereocenters. The van der Waals surface area contributed by atoms with Crippen molar-refractivity contribution in [3.63, 3.8) is 0 Å². The first-order valence-corrected chi connectivity index (χ1v) is 9.37. The Labute approximate surface area is 160 Å². The molecule has 1 aromatic heterocycles. The fourth-order valence-electron chi connectivity index (χ4n) is 3.62. The van der Waals surface area contributed by atoms with E-state index in [9.17, 15) is 9.59 Å². The lowest BCUT2D eigenvalue weighted by Gasteiger charge is -2.31. The molecule has 0 saturated carbocycles. The first-order valence-electron chi connectivity index (χ1n) is 9.37.